The quantitative estimate of drug-likeness (QED) is 0.597. The summed E-state index contributed by atoms with van der Waals surface area (Å²) < 4.78 is 13.0. The molecule has 0 aromatic heterocycles. The molecule has 0 aromatic rings. The highest BCUT2D eigenvalue weighted by molar-refractivity contribution is 4.89. The third-order valence-electron chi connectivity index (χ3n) is 2.38. The van der Waals surface area contributed by atoms with Crippen LogP contribution in [0.1, 0.15) is 26.7 Å². The molecule has 0 aliphatic heterocycles. The maximum Gasteiger partial charge on any atom is 0.105 e. The summed E-state index contributed by atoms with van der Waals surface area (Å²) in [6.07, 6.45) is 0.986. The molecule has 0 radical (unpaired) electrons. The summed E-state index contributed by atoms with van der Waals surface area (Å²) in [6, 6.07) is 0. The third kappa shape index (κ3) is 1.48. The molecule has 2 unspecified atom stereocenters. The van der Waals surface area contributed by atoms with Crippen molar-refractivity contribution >= 4 is 0 Å². The molecule has 1 aliphatic carbocycles. The maximum absolute atomic E-state index is 13.0. The van der Waals surface area contributed by atoms with Crippen molar-refractivity contribution < 1.29 is 4.39 Å². The zero-order valence-corrected chi connectivity index (χ0v) is 6.73. The summed E-state index contributed by atoms with van der Waals surface area (Å²) in [4.78, 5) is 0. The zero-order chi connectivity index (χ0) is 7.78. The monoisotopic (exact) mass is 145 g/mol. The van der Waals surface area contributed by atoms with Gasteiger partial charge in [-0.2, -0.15) is 0 Å². The fraction of sp³-hybridized carbons (Fsp3) is 1.00. The minimum Gasteiger partial charge on any atom is -0.330 e. The molecule has 0 bridgehead atoms. The van der Waals surface area contributed by atoms with E-state index in [1.165, 1.54) is 0 Å². The highest BCUT2D eigenvalue weighted by Crippen LogP contribution is 2.42. The standard InChI is InChI=1S/C8H16FN/c1-8(2)3-6(5-10)7(9)4-8/h6-7H,3-5,10H2,1-2H3. The Balaban J connectivity index is 2.52. The van der Waals surface area contributed by atoms with E-state index in [2.05, 4.69) is 13.8 Å². The van der Waals surface area contributed by atoms with Crippen molar-refractivity contribution in [1.82, 2.24) is 0 Å². The van der Waals surface area contributed by atoms with Gasteiger partial charge in [0.25, 0.3) is 0 Å². The van der Waals surface area contributed by atoms with Crippen molar-refractivity contribution in [3.05, 3.63) is 0 Å². The van der Waals surface area contributed by atoms with Gasteiger partial charge in [0.1, 0.15) is 6.17 Å². The van der Waals surface area contributed by atoms with Gasteiger partial charge in [0.15, 0.2) is 0 Å². The van der Waals surface area contributed by atoms with Gasteiger partial charge in [-0.15, -0.1) is 0 Å². The lowest BCUT2D eigenvalue weighted by atomic mass is 9.91. The van der Waals surface area contributed by atoms with E-state index in [4.69, 9.17) is 5.73 Å². The first-order valence-corrected chi connectivity index (χ1v) is 3.89. The Labute approximate surface area is 61.8 Å². The Morgan fingerprint density at radius 1 is 1.50 bits per heavy atom. The largest absolute Gasteiger partial charge is 0.330 e. The van der Waals surface area contributed by atoms with E-state index in [1.54, 1.807) is 0 Å². The topological polar surface area (TPSA) is 26.0 Å². The molecule has 10 heavy (non-hydrogen) atoms. The first kappa shape index (κ1) is 7.99. The van der Waals surface area contributed by atoms with Crippen LogP contribution in [0.2, 0.25) is 0 Å². The summed E-state index contributed by atoms with van der Waals surface area (Å²) in [6.45, 7) is 4.72. The molecule has 0 saturated heterocycles. The lowest BCUT2D eigenvalue weighted by molar-refractivity contribution is 0.261. The summed E-state index contributed by atoms with van der Waals surface area (Å²) in [7, 11) is 0. The molecule has 1 nitrogen and oxygen atoms in total. The number of hydrogen-bond acceptors (Lipinski definition) is 1. The average Bonchev–Trinajstić information content (AvgIpc) is 2.05. The molecule has 1 aliphatic rings. The molecule has 60 valence electrons. The van der Waals surface area contributed by atoms with Crippen LogP contribution in [0.4, 0.5) is 4.39 Å². The Bertz CT molecular complexity index is 122. The molecule has 0 aromatic carbocycles. The lowest BCUT2D eigenvalue weighted by Gasteiger charge is -2.15. The molecule has 0 amide bonds. The summed E-state index contributed by atoms with van der Waals surface area (Å²) >= 11 is 0. The molecular formula is C8H16FN. The van der Waals surface area contributed by atoms with Crippen LogP contribution in [0.5, 0.6) is 0 Å². The first-order chi connectivity index (χ1) is 4.55. The van der Waals surface area contributed by atoms with Crippen molar-refractivity contribution in [2.24, 2.45) is 17.1 Å². The molecule has 2 atom stereocenters. The van der Waals surface area contributed by atoms with Crippen LogP contribution in [0.3, 0.4) is 0 Å². The smallest absolute Gasteiger partial charge is 0.105 e. The van der Waals surface area contributed by atoms with Gasteiger partial charge >= 0.3 is 0 Å². The van der Waals surface area contributed by atoms with E-state index in [0.717, 1.165) is 6.42 Å². The van der Waals surface area contributed by atoms with Gasteiger partial charge < -0.3 is 5.73 Å². The van der Waals surface area contributed by atoms with Crippen LogP contribution in [-0.4, -0.2) is 12.7 Å². The van der Waals surface area contributed by atoms with Gasteiger partial charge in [0.05, 0.1) is 0 Å². The molecule has 1 fully saturated rings. The highest BCUT2D eigenvalue weighted by atomic mass is 19.1. The second-order valence-electron chi connectivity index (χ2n) is 4.08. The van der Waals surface area contributed by atoms with E-state index in [9.17, 15) is 4.39 Å². The average molecular weight is 145 g/mol. The number of alkyl halides is 1. The fourth-order valence-electron chi connectivity index (χ4n) is 1.85. The Hall–Kier alpha value is -0.110. The minimum atomic E-state index is -0.653. The maximum atomic E-state index is 13.0. The van der Waals surface area contributed by atoms with E-state index >= 15 is 0 Å². The SMILES string of the molecule is CC1(C)CC(F)C(CN)C1. The molecular weight excluding hydrogens is 129 g/mol. The van der Waals surface area contributed by atoms with Crippen molar-refractivity contribution in [3.63, 3.8) is 0 Å². The van der Waals surface area contributed by atoms with Gasteiger partial charge in [-0.3, -0.25) is 0 Å². The van der Waals surface area contributed by atoms with Crippen LogP contribution in [-0.2, 0) is 0 Å². The van der Waals surface area contributed by atoms with Crippen LogP contribution in [0.25, 0.3) is 0 Å². The summed E-state index contributed by atoms with van der Waals surface area (Å²) in [5.74, 6) is 0.120. The van der Waals surface area contributed by atoms with Crippen LogP contribution < -0.4 is 5.73 Å². The Kier molecular flexibility index (Phi) is 1.99. The lowest BCUT2D eigenvalue weighted by Crippen LogP contribution is -2.19. The molecule has 1 saturated carbocycles. The molecule has 2 heteroatoms. The summed E-state index contributed by atoms with van der Waals surface area (Å²) in [5, 5.41) is 0. The Morgan fingerprint density at radius 3 is 2.30 bits per heavy atom. The Morgan fingerprint density at radius 2 is 2.10 bits per heavy atom. The fourth-order valence-corrected chi connectivity index (χ4v) is 1.85. The van der Waals surface area contributed by atoms with E-state index in [1.807, 2.05) is 0 Å². The van der Waals surface area contributed by atoms with Gasteiger partial charge in [-0.25, -0.2) is 4.39 Å². The third-order valence-corrected chi connectivity index (χ3v) is 2.38. The number of halogens is 1. The zero-order valence-electron chi connectivity index (χ0n) is 6.73. The van der Waals surface area contributed by atoms with Crippen LogP contribution in [0.15, 0.2) is 0 Å². The second-order valence-corrected chi connectivity index (χ2v) is 4.08. The van der Waals surface area contributed by atoms with Crippen LogP contribution in [0, 0.1) is 11.3 Å². The van der Waals surface area contributed by atoms with E-state index in [0.29, 0.717) is 13.0 Å². The molecule has 1 rings (SSSR count). The van der Waals surface area contributed by atoms with E-state index in [-0.39, 0.29) is 11.3 Å². The second kappa shape index (κ2) is 2.50. The van der Waals surface area contributed by atoms with Crippen LogP contribution >= 0.6 is 0 Å². The van der Waals surface area contributed by atoms with Gasteiger partial charge in [-0.1, -0.05) is 13.8 Å². The normalized spacial score (nSPS) is 38.4. The molecule has 2 N–H and O–H groups in total. The van der Waals surface area contributed by atoms with Gasteiger partial charge in [0.2, 0.25) is 0 Å². The molecule has 0 heterocycles. The predicted octanol–water partition coefficient (Wildman–Crippen LogP) is 1.72. The van der Waals surface area contributed by atoms with Crippen molar-refractivity contribution in [1.29, 1.82) is 0 Å². The van der Waals surface area contributed by atoms with Crippen molar-refractivity contribution in [2.45, 2.75) is 32.9 Å². The van der Waals surface area contributed by atoms with Gasteiger partial charge in [-0.05, 0) is 24.8 Å². The molecule has 0 spiro atoms. The predicted molar refractivity (Wildman–Crippen MR) is 40.5 cm³/mol. The minimum absolute atomic E-state index is 0.120. The highest BCUT2D eigenvalue weighted by Gasteiger charge is 2.38. The van der Waals surface area contributed by atoms with Crippen molar-refractivity contribution in [3.8, 4) is 0 Å². The van der Waals surface area contributed by atoms with Gasteiger partial charge in [0, 0.05) is 5.92 Å². The summed E-state index contributed by atoms with van der Waals surface area (Å²) in [5.41, 5.74) is 5.59. The first-order valence-electron chi connectivity index (χ1n) is 3.89. The number of hydrogen-bond donors (Lipinski definition) is 1. The van der Waals surface area contributed by atoms with Crippen molar-refractivity contribution in [2.75, 3.05) is 6.54 Å². The number of rotatable bonds is 1. The number of nitrogens with two attached hydrogens (primary N) is 1. The van der Waals surface area contributed by atoms with E-state index < -0.39 is 6.17 Å².